The fourth-order valence-electron chi connectivity index (χ4n) is 3.17. The Kier molecular flexibility index (Phi) is 6.36. The van der Waals surface area contributed by atoms with Gasteiger partial charge in [-0.25, -0.2) is 4.57 Å². The van der Waals surface area contributed by atoms with Crippen LogP contribution in [-0.2, 0) is 11.9 Å². The Bertz CT molecular complexity index is 661. The SMILES string of the molecule is CC(ON(C(c1ccccc1)C(C)C)C(C)(C)C)c1ccc[n+](C)c1. The van der Waals surface area contributed by atoms with E-state index in [1.165, 1.54) is 11.1 Å². The number of pyridine rings is 1. The maximum atomic E-state index is 6.55. The highest BCUT2D eigenvalue weighted by Crippen LogP contribution is 2.36. The summed E-state index contributed by atoms with van der Waals surface area (Å²) in [7, 11) is 2.04. The summed E-state index contributed by atoms with van der Waals surface area (Å²) in [4.78, 5) is 6.55. The number of hydrogen-bond donors (Lipinski definition) is 0. The zero-order chi connectivity index (χ0) is 18.6. The highest BCUT2D eigenvalue weighted by atomic mass is 16.7. The molecule has 3 nitrogen and oxygen atoms in total. The molecule has 0 aliphatic heterocycles. The van der Waals surface area contributed by atoms with E-state index in [2.05, 4.69) is 99.8 Å². The normalized spacial score (nSPS) is 14.8. The number of rotatable bonds is 6. The van der Waals surface area contributed by atoms with Gasteiger partial charge in [-0.05, 0) is 45.2 Å². The second-order valence-corrected chi connectivity index (χ2v) is 8.15. The maximum absolute atomic E-state index is 6.55. The lowest BCUT2D eigenvalue weighted by Gasteiger charge is -2.43. The molecule has 1 aromatic heterocycles. The summed E-state index contributed by atoms with van der Waals surface area (Å²) in [6, 6.07) is 15.0. The van der Waals surface area contributed by atoms with Crippen LogP contribution in [0.15, 0.2) is 54.9 Å². The molecule has 2 rings (SSSR count). The van der Waals surface area contributed by atoms with E-state index in [0.29, 0.717) is 5.92 Å². The van der Waals surface area contributed by atoms with E-state index in [4.69, 9.17) is 4.84 Å². The fraction of sp³-hybridized carbons (Fsp3) is 0.500. The van der Waals surface area contributed by atoms with Crippen LogP contribution in [0.25, 0.3) is 0 Å². The summed E-state index contributed by atoms with van der Waals surface area (Å²) in [5.41, 5.74) is 2.35. The van der Waals surface area contributed by atoms with Crippen LogP contribution < -0.4 is 4.57 Å². The lowest BCUT2D eigenvalue weighted by Crippen LogP contribution is -2.46. The molecule has 1 aromatic carbocycles. The van der Waals surface area contributed by atoms with Crippen molar-refractivity contribution < 1.29 is 9.40 Å². The van der Waals surface area contributed by atoms with Crippen LogP contribution in [0.4, 0.5) is 0 Å². The van der Waals surface area contributed by atoms with Crippen molar-refractivity contribution in [1.29, 1.82) is 0 Å². The van der Waals surface area contributed by atoms with Gasteiger partial charge in [0.15, 0.2) is 12.4 Å². The summed E-state index contributed by atoms with van der Waals surface area (Å²) in [5.74, 6) is 0.431. The van der Waals surface area contributed by atoms with Crippen LogP contribution in [-0.4, -0.2) is 10.6 Å². The predicted molar refractivity (Wildman–Crippen MR) is 103 cm³/mol. The molecule has 3 heteroatoms. The molecule has 0 spiro atoms. The lowest BCUT2D eigenvalue weighted by atomic mass is 9.92. The van der Waals surface area contributed by atoms with Gasteiger partial charge in [0.25, 0.3) is 0 Å². The van der Waals surface area contributed by atoms with Crippen LogP contribution in [0.1, 0.15) is 64.8 Å². The molecule has 1 heterocycles. The van der Waals surface area contributed by atoms with E-state index < -0.39 is 0 Å². The van der Waals surface area contributed by atoms with Gasteiger partial charge in [0.2, 0.25) is 0 Å². The van der Waals surface area contributed by atoms with Crippen LogP contribution in [0.2, 0.25) is 0 Å². The van der Waals surface area contributed by atoms with Crippen molar-refractivity contribution >= 4 is 0 Å². The average Bonchev–Trinajstić information content (AvgIpc) is 2.54. The Hall–Kier alpha value is -1.71. The second-order valence-electron chi connectivity index (χ2n) is 8.15. The molecule has 2 unspecified atom stereocenters. The molecule has 2 atom stereocenters. The number of hydrogen-bond acceptors (Lipinski definition) is 2. The summed E-state index contributed by atoms with van der Waals surface area (Å²) >= 11 is 0. The van der Waals surface area contributed by atoms with Gasteiger partial charge in [0, 0.05) is 17.2 Å². The number of benzene rings is 1. The Morgan fingerprint density at radius 3 is 2.04 bits per heavy atom. The van der Waals surface area contributed by atoms with Crippen molar-refractivity contribution in [2.45, 2.75) is 59.2 Å². The minimum atomic E-state index is -0.115. The predicted octanol–water partition coefficient (Wildman–Crippen LogP) is 5.00. The van der Waals surface area contributed by atoms with Crippen LogP contribution >= 0.6 is 0 Å². The Morgan fingerprint density at radius 2 is 1.52 bits per heavy atom. The van der Waals surface area contributed by atoms with E-state index >= 15 is 0 Å². The van der Waals surface area contributed by atoms with Crippen LogP contribution in [0.5, 0.6) is 0 Å². The zero-order valence-corrected chi connectivity index (χ0v) is 16.7. The van der Waals surface area contributed by atoms with E-state index in [1.54, 1.807) is 0 Å². The highest BCUT2D eigenvalue weighted by Gasteiger charge is 2.34. The molecule has 0 aliphatic carbocycles. The quantitative estimate of drug-likeness (QED) is 0.543. The summed E-state index contributed by atoms with van der Waals surface area (Å²) in [6.07, 6.45) is 4.15. The molecule has 0 radical (unpaired) electrons. The molecule has 25 heavy (non-hydrogen) atoms. The molecule has 0 saturated heterocycles. The fourth-order valence-corrected chi connectivity index (χ4v) is 3.17. The van der Waals surface area contributed by atoms with E-state index in [9.17, 15) is 0 Å². The Morgan fingerprint density at radius 1 is 0.920 bits per heavy atom. The third kappa shape index (κ3) is 5.13. The van der Waals surface area contributed by atoms with Gasteiger partial charge in [-0.2, -0.15) is 5.06 Å². The Labute approximate surface area is 153 Å². The van der Waals surface area contributed by atoms with Gasteiger partial charge >= 0.3 is 0 Å². The molecule has 2 aromatic rings. The topological polar surface area (TPSA) is 16.4 Å². The van der Waals surface area contributed by atoms with Crippen molar-refractivity contribution in [3.05, 3.63) is 66.0 Å². The van der Waals surface area contributed by atoms with E-state index in [0.717, 1.165) is 0 Å². The minimum absolute atomic E-state index is 0.0170. The van der Waals surface area contributed by atoms with Gasteiger partial charge in [0.1, 0.15) is 13.2 Å². The molecule has 0 bridgehead atoms. The summed E-state index contributed by atoms with van der Waals surface area (Å²) < 4.78 is 2.06. The third-order valence-electron chi connectivity index (χ3n) is 4.39. The van der Waals surface area contributed by atoms with Crippen LogP contribution in [0.3, 0.4) is 0 Å². The van der Waals surface area contributed by atoms with E-state index in [-0.39, 0.29) is 17.7 Å². The second kappa shape index (κ2) is 8.11. The van der Waals surface area contributed by atoms with Gasteiger partial charge in [-0.1, -0.05) is 44.2 Å². The summed E-state index contributed by atoms with van der Waals surface area (Å²) in [5, 5.41) is 2.19. The van der Waals surface area contributed by atoms with E-state index in [1.807, 2.05) is 13.2 Å². The summed E-state index contributed by atoms with van der Waals surface area (Å²) in [6.45, 7) is 13.3. The number of aromatic nitrogens is 1. The first-order valence-electron chi connectivity index (χ1n) is 9.16. The van der Waals surface area contributed by atoms with Gasteiger partial charge in [-0.3, -0.25) is 4.84 Å². The lowest BCUT2D eigenvalue weighted by molar-refractivity contribution is -0.672. The first kappa shape index (κ1) is 19.6. The zero-order valence-electron chi connectivity index (χ0n) is 16.7. The number of hydroxylamine groups is 2. The Balaban J connectivity index is 2.35. The van der Waals surface area contributed by atoms with Crippen molar-refractivity contribution in [3.8, 4) is 0 Å². The van der Waals surface area contributed by atoms with Crippen molar-refractivity contribution in [2.75, 3.05) is 0 Å². The number of aryl methyl sites for hydroxylation is 1. The first-order valence-corrected chi connectivity index (χ1v) is 9.16. The molecular weight excluding hydrogens is 308 g/mol. The third-order valence-corrected chi connectivity index (χ3v) is 4.39. The molecule has 0 fully saturated rings. The average molecular weight is 342 g/mol. The smallest absolute Gasteiger partial charge is 0.174 e. The van der Waals surface area contributed by atoms with Gasteiger partial charge < -0.3 is 0 Å². The molecule has 0 saturated carbocycles. The van der Waals surface area contributed by atoms with Crippen molar-refractivity contribution in [3.63, 3.8) is 0 Å². The largest absolute Gasteiger partial charge is 0.290 e. The molecule has 0 amide bonds. The van der Waals surface area contributed by atoms with Gasteiger partial charge in [0.05, 0.1) is 6.04 Å². The van der Waals surface area contributed by atoms with Gasteiger partial charge in [-0.15, -0.1) is 0 Å². The highest BCUT2D eigenvalue weighted by molar-refractivity contribution is 5.20. The molecule has 0 aliphatic rings. The molecule has 0 N–H and O–H groups in total. The monoisotopic (exact) mass is 341 g/mol. The molecule has 136 valence electrons. The van der Waals surface area contributed by atoms with Crippen molar-refractivity contribution in [2.24, 2.45) is 13.0 Å². The molecular formula is C22H33N2O+. The van der Waals surface area contributed by atoms with Crippen molar-refractivity contribution in [1.82, 2.24) is 5.06 Å². The van der Waals surface area contributed by atoms with Crippen LogP contribution in [0, 0.1) is 5.92 Å². The number of nitrogens with zero attached hydrogens (tertiary/aromatic N) is 2. The first-order chi connectivity index (χ1) is 11.7. The minimum Gasteiger partial charge on any atom is -0.290 e. The maximum Gasteiger partial charge on any atom is 0.174 e. The standard InChI is InChI=1S/C22H33N2O/c1-17(2)21(19-12-9-8-10-13-19)24(22(4,5)6)25-18(3)20-14-11-15-23(7)16-20/h8-18,21H,1-7H3/q+1.